The number of nitrogens with one attached hydrogen (secondary N) is 2. The molecule has 0 spiro atoms. The van der Waals surface area contributed by atoms with E-state index in [1.807, 2.05) is 37.3 Å². The molecule has 202 valence electrons. The topological polar surface area (TPSA) is 175 Å². The van der Waals surface area contributed by atoms with E-state index in [0.29, 0.717) is 16.3 Å². The molecule has 11 nitrogen and oxygen atoms in total. The number of rotatable bonds is 8. The molecule has 2 amide bonds. The molecule has 0 bridgehead atoms. The molecule has 2 aromatic carbocycles. The number of ether oxygens (including phenoxy) is 1. The third-order valence-electron chi connectivity index (χ3n) is 5.35. The maximum atomic E-state index is 12.7. The van der Waals surface area contributed by atoms with E-state index in [-0.39, 0.29) is 37.4 Å². The minimum absolute atomic E-state index is 0.0653. The number of nitrogens with two attached hydrogens (primary N) is 1. The van der Waals surface area contributed by atoms with Crippen molar-refractivity contribution in [3.63, 3.8) is 0 Å². The lowest BCUT2D eigenvalue weighted by molar-refractivity contribution is -0.144. The summed E-state index contributed by atoms with van der Waals surface area (Å²) in [5.41, 5.74) is 7.22. The van der Waals surface area contributed by atoms with Gasteiger partial charge in [0, 0.05) is 37.7 Å². The Morgan fingerprint density at radius 3 is 2.26 bits per heavy atom. The number of aliphatic imine (C=N–C) groups is 1. The van der Waals surface area contributed by atoms with Crippen molar-refractivity contribution in [1.82, 2.24) is 10.2 Å². The maximum absolute atomic E-state index is 12.7. The largest absolute Gasteiger partial charge is 0.481 e. The molecule has 1 aliphatic rings. The number of aliphatic carboxylic acids is 1. The van der Waals surface area contributed by atoms with Crippen LogP contribution >= 0.6 is 11.8 Å². The number of carbonyl (C=O) groups is 4. The number of carboxylic acid groups (broad SMARTS) is 1. The van der Waals surface area contributed by atoms with Crippen LogP contribution in [0.4, 0.5) is 0 Å². The fourth-order valence-electron chi connectivity index (χ4n) is 3.19. The van der Waals surface area contributed by atoms with Gasteiger partial charge >= 0.3 is 5.97 Å². The summed E-state index contributed by atoms with van der Waals surface area (Å²) in [6.45, 7) is 3.31. The van der Waals surface area contributed by atoms with Crippen LogP contribution in [0, 0.1) is 5.41 Å². The number of amidine groups is 2. The number of hydrogen-bond donors (Lipinski definition) is 4. The van der Waals surface area contributed by atoms with Crippen molar-refractivity contribution >= 4 is 46.5 Å². The SMILES string of the molecule is CC(=O)O.CC1C(C(=O)NCCC(=O)OCc2ccccc2)SC(=NC(=O)c2ccc(C(=N)N)cc2)N1C. The fourth-order valence-corrected chi connectivity index (χ4v) is 4.46. The zero-order valence-corrected chi connectivity index (χ0v) is 22.2. The summed E-state index contributed by atoms with van der Waals surface area (Å²) in [6.07, 6.45) is 0.0653. The van der Waals surface area contributed by atoms with Gasteiger partial charge in [-0.3, -0.25) is 24.6 Å². The molecular weight excluding hydrogens is 510 g/mol. The second-order valence-electron chi connectivity index (χ2n) is 8.29. The molecule has 3 rings (SSSR count). The third kappa shape index (κ3) is 9.36. The quantitative estimate of drug-likeness (QED) is 0.222. The number of thioether (sulfide) groups is 1. The van der Waals surface area contributed by atoms with Crippen LogP contribution in [0.25, 0.3) is 0 Å². The van der Waals surface area contributed by atoms with Crippen LogP contribution in [-0.2, 0) is 25.7 Å². The Balaban J connectivity index is 0.00000118. The number of esters is 1. The summed E-state index contributed by atoms with van der Waals surface area (Å²) in [4.78, 5) is 52.1. The third-order valence-corrected chi connectivity index (χ3v) is 6.80. The van der Waals surface area contributed by atoms with Crippen molar-refractivity contribution in [3.05, 3.63) is 71.3 Å². The number of amides is 2. The first kappa shape index (κ1) is 30.0. The van der Waals surface area contributed by atoms with E-state index in [0.717, 1.165) is 12.5 Å². The molecule has 2 aromatic rings. The molecule has 12 heteroatoms. The monoisotopic (exact) mass is 541 g/mol. The van der Waals surface area contributed by atoms with Gasteiger partial charge in [-0.25, -0.2) is 0 Å². The van der Waals surface area contributed by atoms with Crippen molar-refractivity contribution in [3.8, 4) is 0 Å². The highest BCUT2D eigenvalue weighted by Gasteiger charge is 2.39. The van der Waals surface area contributed by atoms with Crippen LogP contribution in [-0.4, -0.2) is 69.6 Å². The average Bonchev–Trinajstić information content (AvgIpc) is 3.16. The Morgan fingerprint density at radius 1 is 1.11 bits per heavy atom. The molecule has 38 heavy (non-hydrogen) atoms. The second-order valence-corrected chi connectivity index (χ2v) is 9.40. The van der Waals surface area contributed by atoms with Gasteiger partial charge in [0.05, 0.1) is 6.42 Å². The smallest absolute Gasteiger partial charge is 0.307 e. The van der Waals surface area contributed by atoms with Gasteiger partial charge in [-0.1, -0.05) is 54.2 Å². The summed E-state index contributed by atoms with van der Waals surface area (Å²) in [6, 6.07) is 15.5. The van der Waals surface area contributed by atoms with Crippen molar-refractivity contribution < 1.29 is 29.0 Å². The maximum Gasteiger partial charge on any atom is 0.307 e. The molecule has 1 aliphatic heterocycles. The zero-order chi connectivity index (χ0) is 28.2. The predicted octanol–water partition coefficient (Wildman–Crippen LogP) is 2.24. The first-order valence-electron chi connectivity index (χ1n) is 11.6. The van der Waals surface area contributed by atoms with Crippen LogP contribution in [0.1, 0.15) is 41.8 Å². The first-order valence-corrected chi connectivity index (χ1v) is 12.5. The highest BCUT2D eigenvalue weighted by molar-refractivity contribution is 8.15. The van der Waals surface area contributed by atoms with E-state index in [2.05, 4.69) is 10.3 Å². The molecule has 1 heterocycles. The van der Waals surface area contributed by atoms with E-state index in [4.69, 9.17) is 25.8 Å². The number of nitrogens with zero attached hydrogens (tertiary/aromatic N) is 2. The number of carbonyl (C=O) groups excluding carboxylic acids is 3. The first-order chi connectivity index (χ1) is 18.0. The average molecular weight is 542 g/mol. The molecule has 2 atom stereocenters. The highest BCUT2D eigenvalue weighted by atomic mass is 32.2. The van der Waals surface area contributed by atoms with Crippen LogP contribution in [0.5, 0.6) is 0 Å². The molecule has 1 saturated heterocycles. The van der Waals surface area contributed by atoms with E-state index in [9.17, 15) is 14.4 Å². The van der Waals surface area contributed by atoms with Crippen molar-refractivity contribution in [2.75, 3.05) is 13.6 Å². The molecule has 5 N–H and O–H groups in total. The molecule has 0 aromatic heterocycles. The van der Waals surface area contributed by atoms with Gasteiger partial charge in [0.2, 0.25) is 5.91 Å². The standard InChI is InChI=1S/C24H27N5O4S.C2H4O2/c1-15-20(23(32)27-13-12-19(30)33-14-16-6-4-3-5-7-16)34-24(29(15)2)28-22(31)18-10-8-17(9-11-18)21(25)26;1-2(3)4/h3-11,15,20H,12-14H2,1-2H3,(H3,25,26)(H,27,32);1H3,(H,3,4). The number of carboxylic acids is 1. The highest BCUT2D eigenvalue weighted by Crippen LogP contribution is 2.31. The Bertz CT molecular complexity index is 1180. The van der Waals surface area contributed by atoms with Crippen molar-refractivity contribution in [2.24, 2.45) is 10.7 Å². The Morgan fingerprint density at radius 2 is 1.68 bits per heavy atom. The second kappa shape index (κ2) is 14.5. The van der Waals surface area contributed by atoms with Crippen molar-refractivity contribution in [1.29, 1.82) is 5.41 Å². The van der Waals surface area contributed by atoms with E-state index < -0.39 is 23.1 Å². The van der Waals surface area contributed by atoms with Crippen LogP contribution in [0.2, 0.25) is 0 Å². The lowest BCUT2D eigenvalue weighted by atomic mass is 10.1. The van der Waals surface area contributed by atoms with Crippen LogP contribution < -0.4 is 11.1 Å². The summed E-state index contributed by atoms with van der Waals surface area (Å²) < 4.78 is 5.22. The van der Waals surface area contributed by atoms with E-state index >= 15 is 0 Å². The summed E-state index contributed by atoms with van der Waals surface area (Å²) in [5.74, 6) is -1.98. The summed E-state index contributed by atoms with van der Waals surface area (Å²) in [7, 11) is 1.77. The molecular formula is C26H31N5O6S. The van der Waals surface area contributed by atoms with Crippen LogP contribution in [0.3, 0.4) is 0 Å². The predicted molar refractivity (Wildman–Crippen MR) is 145 cm³/mol. The zero-order valence-electron chi connectivity index (χ0n) is 21.3. The minimum Gasteiger partial charge on any atom is -0.481 e. The molecule has 1 fully saturated rings. The van der Waals surface area contributed by atoms with E-state index in [1.54, 1.807) is 36.2 Å². The van der Waals surface area contributed by atoms with Crippen molar-refractivity contribution in [2.45, 2.75) is 38.2 Å². The summed E-state index contributed by atoms with van der Waals surface area (Å²) in [5, 5.41) is 17.6. The number of hydrogen-bond acceptors (Lipinski definition) is 7. The van der Waals surface area contributed by atoms with Gasteiger partial charge in [-0.15, -0.1) is 0 Å². The van der Waals surface area contributed by atoms with E-state index in [1.165, 1.54) is 11.8 Å². The van der Waals surface area contributed by atoms with Gasteiger partial charge in [-0.2, -0.15) is 4.99 Å². The molecule has 0 saturated carbocycles. The Hall–Kier alpha value is -4.19. The number of benzene rings is 2. The molecule has 0 radical (unpaired) electrons. The van der Waals surface area contributed by atoms with Crippen LogP contribution in [0.15, 0.2) is 59.6 Å². The van der Waals surface area contributed by atoms with Gasteiger partial charge in [0.15, 0.2) is 5.17 Å². The summed E-state index contributed by atoms with van der Waals surface area (Å²) >= 11 is 1.21. The van der Waals surface area contributed by atoms with Gasteiger partial charge in [-0.05, 0) is 24.6 Å². The van der Waals surface area contributed by atoms with Gasteiger partial charge in [0.25, 0.3) is 11.9 Å². The molecule has 0 aliphatic carbocycles. The normalized spacial score (nSPS) is 17.2. The Kier molecular flexibility index (Phi) is 11.5. The molecule has 2 unspecified atom stereocenters. The lowest BCUT2D eigenvalue weighted by Crippen LogP contribution is -2.41. The van der Waals surface area contributed by atoms with Gasteiger partial charge < -0.3 is 25.8 Å². The van der Waals surface area contributed by atoms with Gasteiger partial charge in [0.1, 0.15) is 17.7 Å². The Labute approximate surface area is 225 Å². The number of nitrogen functional groups attached to an aromatic ring is 1. The fraction of sp³-hybridized carbons (Fsp3) is 0.308. The lowest BCUT2D eigenvalue weighted by Gasteiger charge is -2.19. The minimum atomic E-state index is -0.833.